The quantitative estimate of drug-likeness (QED) is 0.882. The predicted octanol–water partition coefficient (Wildman–Crippen LogP) is 2.94. The van der Waals surface area contributed by atoms with Gasteiger partial charge < -0.3 is 15.2 Å². The molecular weight excluding hydrogens is 282 g/mol. The number of nitrogens with one attached hydrogen (secondary N) is 1. The molecule has 0 bridgehead atoms. The summed E-state index contributed by atoms with van der Waals surface area (Å²) in [6.07, 6.45) is 2.12. The van der Waals surface area contributed by atoms with E-state index in [4.69, 9.17) is 4.74 Å². The average molecular weight is 300 g/mol. The van der Waals surface area contributed by atoms with Crippen molar-refractivity contribution in [1.29, 1.82) is 0 Å². The van der Waals surface area contributed by atoms with Crippen LogP contribution in [0.15, 0.2) is 10.5 Å². The Labute approximate surface area is 110 Å². The van der Waals surface area contributed by atoms with Crippen molar-refractivity contribution in [3.05, 3.63) is 21.7 Å². The molecule has 0 saturated carbocycles. The number of phenols is 1. The summed E-state index contributed by atoms with van der Waals surface area (Å²) in [6.45, 7) is 3.96. The first-order valence-corrected chi connectivity index (χ1v) is 6.71. The summed E-state index contributed by atoms with van der Waals surface area (Å²) in [4.78, 5) is 0. The number of halogens is 1. The van der Waals surface area contributed by atoms with Gasteiger partial charge in [-0.1, -0.05) is 15.9 Å². The van der Waals surface area contributed by atoms with E-state index in [0.717, 1.165) is 41.5 Å². The second kappa shape index (κ2) is 5.27. The second-order valence-electron chi connectivity index (χ2n) is 4.48. The number of ether oxygens (including phenoxy) is 1. The van der Waals surface area contributed by atoms with Gasteiger partial charge in [-0.15, -0.1) is 0 Å². The molecular formula is C13H18BrNO2. The van der Waals surface area contributed by atoms with E-state index < -0.39 is 0 Å². The van der Waals surface area contributed by atoms with Crippen LogP contribution in [0.5, 0.6) is 11.5 Å². The van der Waals surface area contributed by atoms with Gasteiger partial charge in [0.1, 0.15) is 0 Å². The van der Waals surface area contributed by atoms with Crippen molar-refractivity contribution in [2.75, 3.05) is 20.2 Å². The minimum atomic E-state index is 0.306. The number of hydrogen-bond acceptors (Lipinski definition) is 3. The fourth-order valence-corrected chi connectivity index (χ4v) is 2.85. The molecule has 0 amide bonds. The van der Waals surface area contributed by atoms with Crippen molar-refractivity contribution in [2.24, 2.45) is 0 Å². The molecule has 1 aliphatic rings. The molecule has 2 rings (SSSR count). The molecule has 0 aromatic heterocycles. The molecule has 94 valence electrons. The van der Waals surface area contributed by atoms with Crippen LogP contribution >= 0.6 is 15.9 Å². The minimum Gasteiger partial charge on any atom is -0.504 e. The topological polar surface area (TPSA) is 41.5 Å². The molecule has 1 aliphatic heterocycles. The van der Waals surface area contributed by atoms with Gasteiger partial charge in [0.15, 0.2) is 11.5 Å². The summed E-state index contributed by atoms with van der Waals surface area (Å²) in [5, 5.41) is 13.6. The molecule has 0 spiro atoms. The van der Waals surface area contributed by atoms with E-state index in [2.05, 4.69) is 21.2 Å². The van der Waals surface area contributed by atoms with Gasteiger partial charge in [0.25, 0.3) is 0 Å². The molecule has 1 aromatic rings. The Hall–Kier alpha value is -0.740. The maximum atomic E-state index is 10.3. The summed E-state index contributed by atoms with van der Waals surface area (Å²) in [5.74, 6) is 1.31. The zero-order valence-corrected chi connectivity index (χ0v) is 11.8. The van der Waals surface area contributed by atoms with Crippen LogP contribution in [-0.4, -0.2) is 25.3 Å². The number of aromatic hydroxyl groups is 1. The molecule has 0 atom stereocenters. The first-order valence-electron chi connectivity index (χ1n) is 5.91. The summed E-state index contributed by atoms with van der Waals surface area (Å²) in [5.41, 5.74) is 1.95. The predicted molar refractivity (Wildman–Crippen MR) is 71.9 cm³/mol. The van der Waals surface area contributed by atoms with Gasteiger partial charge in [0.05, 0.1) is 7.11 Å². The third-order valence-corrected chi connectivity index (χ3v) is 4.28. The lowest BCUT2D eigenvalue weighted by Crippen LogP contribution is -2.26. The maximum absolute atomic E-state index is 10.3. The fourth-order valence-electron chi connectivity index (χ4n) is 2.42. The lowest BCUT2D eigenvalue weighted by Gasteiger charge is -2.25. The van der Waals surface area contributed by atoms with Crippen LogP contribution in [0.2, 0.25) is 0 Å². The summed E-state index contributed by atoms with van der Waals surface area (Å²) >= 11 is 3.53. The fraction of sp³-hybridized carbons (Fsp3) is 0.538. The van der Waals surface area contributed by atoms with Crippen LogP contribution in [0.4, 0.5) is 0 Å². The highest BCUT2D eigenvalue weighted by atomic mass is 79.9. The van der Waals surface area contributed by atoms with E-state index in [9.17, 15) is 5.11 Å². The summed E-state index contributed by atoms with van der Waals surface area (Å²) in [6, 6.07) is 2.03. The van der Waals surface area contributed by atoms with Crippen molar-refractivity contribution in [2.45, 2.75) is 25.7 Å². The Kier molecular flexibility index (Phi) is 3.94. The number of piperidine rings is 1. The van der Waals surface area contributed by atoms with E-state index in [1.54, 1.807) is 7.11 Å². The highest BCUT2D eigenvalue weighted by Crippen LogP contribution is 2.43. The smallest absolute Gasteiger partial charge is 0.164 e. The summed E-state index contributed by atoms with van der Waals surface area (Å²) < 4.78 is 6.29. The van der Waals surface area contributed by atoms with Crippen molar-refractivity contribution < 1.29 is 9.84 Å². The third kappa shape index (κ3) is 2.43. The van der Waals surface area contributed by atoms with Crippen LogP contribution in [0.1, 0.15) is 29.9 Å². The molecule has 2 N–H and O–H groups in total. The van der Waals surface area contributed by atoms with Crippen molar-refractivity contribution in [3.63, 3.8) is 0 Å². The van der Waals surface area contributed by atoms with Gasteiger partial charge in [0.2, 0.25) is 0 Å². The van der Waals surface area contributed by atoms with Crippen LogP contribution < -0.4 is 10.1 Å². The average Bonchev–Trinajstić information content (AvgIpc) is 2.36. The largest absolute Gasteiger partial charge is 0.504 e. The third-order valence-electron chi connectivity index (χ3n) is 3.45. The van der Waals surface area contributed by atoms with Crippen LogP contribution in [0.25, 0.3) is 0 Å². The molecule has 0 aliphatic carbocycles. The van der Waals surface area contributed by atoms with Gasteiger partial charge in [-0.05, 0) is 44.8 Å². The number of phenolic OH excluding ortho intramolecular Hbond substituents is 1. The molecule has 3 nitrogen and oxygen atoms in total. The highest BCUT2D eigenvalue weighted by molar-refractivity contribution is 9.10. The lowest BCUT2D eigenvalue weighted by atomic mass is 9.89. The SMILES string of the molecule is COc1c(C)c(Br)cc(C2CCNCC2)c1O. The first-order chi connectivity index (χ1) is 8.15. The van der Waals surface area contributed by atoms with Gasteiger partial charge in [-0.3, -0.25) is 0 Å². The molecule has 1 heterocycles. The van der Waals surface area contributed by atoms with Crippen LogP contribution in [-0.2, 0) is 0 Å². The van der Waals surface area contributed by atoms with E-state index in [1.165, 1.54) is 0 Å². The maximum Gasteiger partial charge on any atom is 0.164 e. The first kappa shape index (κ1) is 12.7. The molecule has 4 heteroatoms. The zero-order chi connectivity index (χ0) is 12.4. The van der Waals surface area contributed by atoms with Crippen molar-refractivity contribution in [3.8, 4) is 11.5 Å². The highest BCUT2D eigenvalue weighted by Gasteiger charge is 2.22. The normalized spacial score (nSPS) is 17.1. The van der Waals surface area contributed by atoms with Gasteiger partial charge >= 0.3 is 0 Å². The summed E-state index contributed by atoms with van der Waals surface area (Å²) in [7, 11) is 1.60. The van der Waals surface area contributed by atoms with E-state index in [-0.39, 0.29) is 0 Å². The number of methoxy groups -OCH3 is 1. The Bertz CT molecular complexity index is 414. The Morgan fingerprint density at radius 1 is 1.41 bits per heavy atom. The Morgan fingerprint density at radius 3 is 2.65 bits per heavy atom. The van der Waals surface area contributed by atoms with E-state index in [1.807, 2.05) is 13.0 Å². The van der Waals surface area contributed by atoms with Gasteiger partial charge in [-0.2, -0.15) is 0 Å². The van der Waals surface area contributed by atoms with Gasteiger partial charge in [-0.25, -0.2) is 0 Å². The van der Waals surface area contributed by atoms with Crippen LogP contribution in [0.3, 0.4) is 0 Å². The Morgan fingerprint density at radius 2 is 2.06 bits per heavy atom. The second-order valence-corrected chi connectivity index (χ2v) is 5.33. The monoisotopic (exact) mass is 299 g/mol. The lowest BCUT2D eigenvalue weighted by molar-refractivity contribution is 0.360. The molecule has 0 unspecified atom stereocenters. The van der Waals surface area contributed by atoms with Crippen molar-refractivity contribution in [1.82, 2.24) is 5.32 Å². The molecule has 1 saturated heterocycles. The number of benzene rings is 1. The van der Waals surface area contributed by atoms with Gasteiger partial charge in [0, 0.05) is 15.6 Å². The minimum absolute atomic E-state index is 0.306. The van der Waals surface area contributed by atoms with E-state index >= 15 is 0 Å². The van der Waals surface area contributed by atoms with E-state index in [0.29, 0.717) is 17.4 Å². The Balaban J connectivity index is 2.42. The number of rotatable bonds is 2. The zero-order valence-electron chi connectivity index (χ0n) is 10.2. The standard InChI is InChI=1S/C13H18BrNO2/c1-8-11(14)7-10(12(16)13(8)17-2)9-3-5-15-6-4-9/h7,9,15-16H,3-6H2,1-2H3. The molecule has 17 heavy (non-hydrogen) atoms. The molecule has 0 radical (unpaired) electrons. The van der Waals surface area contributed by atoms with Crippen molar-refractivity contribution >= 4 is 15.9 Å². The molecule has 1 aromatic carbocycles. The molecule has 1 fully saturated rings. The van der Waals surface area contributed by atoms with Crippen LogP contribution in [0, 0.1) is 6.92 Å². The number of hydrogen-bond donors (Lipinski definition) is 2.